The van der Waals surface area contributed by atoms with Crippen molar-refractivity contribution in [3.63, 3.8) is 0 Å². The van der Waals surface area contributed by atoms with Crippen LogP contribution in [0.15, 0.2) is 138 Å². The molecule has 1 unspecified atom stereocenters. The van der Waals surface area contributed by atoms with Crippen molar-refractivity contribution >= 4 is 52.6 Å². The lowest BCUT2D eigenvalue weighted by molar-refractivity contribution is -0.384. The number of hydrogen-bond acceptors (Lipinski definition) is 8. The molecule has 0 fully saturated rings. The van der Waals surface area contributed by atoms with E-state index in [-0.39, 0.29) is 17.3 Å². The van der Waals surface area contributed by atoms with Crippen LogP contribution in [0.5, 0.6) is 11.5 Å². The molecule has 1 atom stereocenters. The number of non-ortho nitro benzene ring substituents is 1. The minimum atomic E-state index is -0.708. The second kappa shape index (κ2) is 16.6. The van der Waals surface area contributed by atoms with Gasteiger partial charge in [-0.3, -0.25) is 24.5 Å². The monoisotopic (exact) mass is 688 g/mol. The highest BCUT2D eigenvalue weighted by atomic mass is 32.2. The number of thioether (sulfide) groups is 1. The molecule has 0 heterocycles. The fourth-order valence-corrected chi connectivity index (χ4v) is 5.88. The molecule has 50 heavy (non-hydrogen) atoms. The van der Waals surface area contributed by atoms with Crippen LogP contribution in [-0.2, 0) is 9.59 Å². The summed E-state index contributed by atoms with van der Waals surface area (Å²) < 4.78 is 10.8. The lowest BCUT2D eigenvalue weighted by Gasteiger charge is -2.18. The van der Waals surface area contributed by atoms with Gasteiger partial charge in [-0.2, -0.15) is 0 Å². The molecule has 0 aliphatic rings. The molecule has 0 aliphatic carbocycles. The summed E-state index contributed by atoms with van der Waals surface area (Å²) in [6, 6.07) is 35.3. The molecule has 3 N–H and O–H groups in total. The lowest BCUT2D eigenvalue weighted by Crippen LogP contribution is -2.30. The zero-order valence-corrected chi connectivity index (χ0v) is 27.8. The number of nitro groups is 1. The van der Waals surface area contributed by atoms with Crippen LogP contribution >= 0.6 is 11.8 Å². The Morgan fingerprint density at radius 2 is 1.46 bits per heavy atom. The van der Waals surface area contributed by atoms with E-state index in [2.05, 4.69) is 16.0 Å². The quantitative estimate of drug-likeness (QED) is 0.0499. The van der Waals surface area contributed by atoms with E-state index < -0.39 is 22.0 Å². The molecule has 12 heteroatoms. The molecule has 0 saturated carbocycles. The third-order valence-electron chi connectivity index (χ3n) is 7.30. The molecule has 0 saturated heterocycles. The Balaban J connectivity index is 1.40. The molecule has 0 bridgehead atoms. The Labute approximate surface area is 292 Å². The van der Waals surface area contributed by atoms with Gasteiger partial charge in [0.15, 0.2) is 0 Å². The van der Waals surface area contributed by atoms with Crippen LogP contribution in [0, 0.1) is 10.1 Å². The number of nitrogens with one attached hydrogen (secondary N) is 3. The van der Waals surface area contributed by atoms with Crippen molar-refractivity contribution in [2.45, 2.75) is 10.1 Å². The molecular formula is C38H32N4O7S. The van der Waals surface area contributed by atoms with Gasteiger partial charge in [0.2, 0.25) is 5.91 Å². The van der Waals surface area contributed by atoms with Gasteiger partial charge in [-0.25, -0.2) is 0 Å². The maximum atomic E-state index is 13.8. The maximum Gasteiger partial charge on any atom is 0.272 e. The number of ether oxygens (including phenoxy) is 2. The van der Waals surface area contributed by atoms with Gasteiger partial charge in [0.05, 0.1) is 19.1 Å². The topological polar surface area (TPSA) is 149 Å². The molecule has 252 valence electrons. The van der Waals surface area contributed by atoms with Gasteiger partial charge in [-0.15, -0.1) is 11.8 Å². The molecule has 0 radical (unpaired) electrons. The fraction of sp³-hybridized carbons (Fsp3) is 0.0789. The molecular weight excluding hydrogens is 657 g/mol. The average Bonchev–Trinajstić information content (AvgIpc) is 3.14. The first-order valence-electron chi connectivity index (χ1n) is 15.2. The van der Waals surface area contributed by atoms with Crippen LogP contribution < -0.4 is 25.4 Å². The van der Waals surface area contributed by atoms with Crippen molar-refractivity contribution in [1.82, 2.24) is 5.32 Å². The molecule has 0 aromatic heterocycles. The predicted molar refractivity (Wildman–Crippen MR) is 193 cm³/mol. The first kappa shape index (κ1) is 34.9. The second-order valence-corrected chi connectivity index (χ2v) is 11.8. The fourth-order valence-electron chi connectivity index (χ4n) is 4.79. The molecule has 0 aliphatic heterocycles. The zero-order valence-electron chi connectivity index (χ0n) is 27.0. The van der Waals surface area contributed by atoms with Crippen LogP contribution in [0.2, 0.25) is 0 Å². The van der Waals surface area contributed by atoms with Crippen molar-refractivity contribution in [2.75, 3.05) is 24.9 Å². The van der Waals surface area contributed by atoms with Crippen LogP contribution in [0.1, 0.15) is 26.7 Å². The van der Waals surface area contributed by atoms with Gasteiger partial charge in [0.1, 0.15) is 22.4 Å². The van der Waals surface area contributed by atoms with E-state index in [0.717, 1.165) is 5.56 Å². The summed E-state index contributed by atoms with van der Waals surface area (Å²) in [6.45, 7) is 0. The van der Waals surface area contributed by atoms with Crippen molar-refractivity contribution in [1.29, 1.82) is 0 Å². The summed E-state index contributed by atoms with van der Waals surface area (Å²) in [7, 11) is 3.02. The molecule has 5 rings (SSSR count). The van der Waals surface area contributed by atoms with Crippen LogP contribution in [0.3, 0.4) is 0 Å². The van der Waals surface area contributed by atoms with Crippen molar-refractivity contribution in [2.24, 2.45) is 0 Å². The second-order valence-electron chi connectivity index (χ2n) is 10.7. The Kier molecular flexibility index (Phi) is 11.6. The molecule has 3 amide bonds. The Bertz CT molecular complexity index is 2020. The Morgan fingerprint density at radius 1 is 0.760 bits per heavy atom. The smallest absolute Gasteiger partial charge is 0.272 e. The van der Waals surface area contributed by atoms with Gasteiger partial charge < -0.3 is 25.4 Å². The normalized spacial score (nSPS) is 11.5. The maximum absolute atomic E-state index is 13.8. The number of nitrogens with zero attached hydrogens (tertiary/aromatic N) is 1. The largest absolute Gasteiger partial charge is 0.497 e. The minimum absolute atomic E-state index is 0.0370. The number of carbonyl (C=O) groups is 3. The van der Waals surface area contributed by atoms with Gasteiger partial charge in [0.25, 0.3) is 17.5 Å². The van der Waals surface area contributed by atoms with E-state index in [1.165, 1.54) is 56.3 Å². The van der Waals surface area contributed by atoms with E-state index in [1.807, 2.05) is 36.4 Å². The Morgan fingerprint density at radius 3 is 2.12 bits per heavy atom. The summed E-state index contributed by atoms with van der Waals surface area (Å²) >= 11 is 1.26. The third-order valence-corrected chi connectivity index (χ3v) is 8.55. The number of nitro benzene ring substituents is 1. The third kappa shape index (κ3) is 9.14. The van der Waals surface area contributed by atoms with Crippen molar-refractivity contribution in [3.05, 3.63) is 160 Å². The molecule has 11 nitrogen and oxygen atoms in total. The number of methoxy groups -OCH3 is 2. The summed E-state index contributed by atoms with van der Waals surface area (Å²) in [5.41, 5.74) is 2.33. The van der Waals surface area contributed by atoms with E-state index >= 15 is 0 Å². The van der Waals surface area contributed by atoms with Crippen molar-refractivity contribution < 1.29 is 28.8 Å². The number of carbonyl (C=O) groups excluding carboxylic acids is 3. The SMILES string of the molecule is COc1ccc(/C=C(/NC(=O)c2ccccc2)C(=O)Nc2cccc(SC(C(=O)Nc3ccc([N+](=O)[O-])cc3)c3ccccc3)c2)c(OC)c1. The highest BCUT2D eigenvalue weighted by Gasteiger charge is 2.23. The summed E-state index contributed by atoms with van der Waals surface area (Å²) in [6.07, 6.45) is 1.51. The highest BCUT2D eigenvalue weighted by molar-refractivity contribution is 8.00. The molecule has 5 aromatic rings. The first-order chi connectivity index (χ1) is 24.2. The highest BCUT2D eigenvalue weighted by Crippen LogP contribution is 2.37. The first-order valence-corrected chi connectivity index (χ1v) is 16.1. The number of amides is 3. The lowest BCUT2D eigenvalue weighted by atomic mass is 10.1. The van der Waals surface area contributed by atoms with Gasteiger partial charge in [-0.05, 0) is 66.2 Å². The number of rotatable bonds is 13. The minimum Gasteiger partial charge on any atom is -0.497 e. The number of benzene rings is 5. The average molecular weight is 689 g/mol. The zero-order chi connectivity index (χ0) is 35.5. The van der Waals surface area contributed by atoms with E-state index in [1.54, 1.807) is 66.7 Å². The molecule has 0 spiro atoms. The summed E-state index contributed by atoms with van der Waals surface area (Å²) in [5, 5.41) is 18.8. The van der Waals surface area contributed by atoms with Crippen LogP contribution in [-0.4, -0.2) is 36.9 Å². The Hall–Kier alpha value is -6.40. The summed E-state index contributed by atoms with van der Waals surface area (Å²) in [4.78, 5) is 51.7. The molecule has 5 aromatic carbocycles. The van der Waals surface area contributed by atoms with Gasteiger partial charge in [0, 0.05) is 45.6 Å². The van der Waals surface area contributed by atoms with Crippen LogP contribution in [0.25, 0.3) is 6.08 Å². The number of anilines is 2. The predicted octanol–water partition coefficient (Wildman–Crippen LogP) is 7.49. The van der Waals surface area contributed by atoms with E-state index in [4.69, 9.17) is 9.47 Å². The van der Waals surface area contributed by atoms with Gasteiger partial charge in [-0.1, -0.05) is 54.6 Å². The van der Waals surface area contributed by atoms with E-state index in [0.29, 0.717) is 38.9 Å². The van der Waals surface area contributed by atoms with E-state index in [9.17, 15) is 24.5 Å². The number of hydrogen-bond donors (Lipinski definition) is 3. The van der Waals surface area contributed by atoms with Crippen LogP contribution in [0.4, 0.5) is 17.1 Å². The summed E-state index contributed by atoms with van der Waals surface area (Å²) in [5.74, 6) is -0.422. The van der Waals surface area contributed by atoms with Crippen molar-refractivity contribution in [3.8, 4) is 11.5 Å². The standard InChI is InChI=1S/C38H32N4O7S/c1-48-31-21-16-27(34(24-31)49-2)22-33(41-36(43)26-12-7-4-8-13-26)37(44)40-29-14-9-15-32(23-29)50-35(25-10-5-3-6-11-25)38(45)39-28-17-19-30(20-18-28)42(46)47/h3-24,35H,1-2H3,(H,39,45)(H,40,44)(H,41,43)/b33-22+. The van der Waals surface area contributed by atoms with Gasteiger partial charge >= 0.3 is 0 Å².